The van der Waals surface area contributed by atoms with E-state index in [9.17, 15) is 4.79 Å². The first-order chi connectivity index (χ1) is 14.0. The molecule has 1 aromatic carbocycles. The summed E-state index contributed by atoms with van der Waals surface area (Å²) < 4.78 is 5.94. The van der Waals surface area contributed by atoms with Crippen molar-refractivity contribution in [2.24, 2.45) is 11.8 Å². The Labute approximate surface area is 173 Å². The lowest BCUT2D eigenvalue weighted by Gasteiger charge is -2.41. The third kappa shape index (κ3) is 4.58. The van der Waals surface area contributed by atoms with Gasteiger partial charge in [-0.15, -0.1) is 0 Å². The van der Waals surface area contributed by atoms with E-state index in [1.807, 2.05) is 36.2 Å². The van der Waals surface area contributed by atoms with Crippen molar-refractivity contribution in [3.05, 3.63) is 24.3 Å². The highest BCUT2D eigenvalue weighted by Gasteiger charge is 2.32. The first-order valence-electron chi connectivity index (χ1n) is 11.1. The predicted octanol–water partition coefficient (Wildman–Crippen LogP) is 3.62. The van der Waals surface area contributed by atoms with Gasteiger partial charge >= 0.3 is 0 Å². The topological polar surface area (TPSA) is 52.8 Å². The van der Waals surface area contributed by atoms with Crippen molar-refractivity contribution in [2.45, 2.75) is 45.6 Å². The van der Waals surface area contributed by atoms with Crippen molar-refractivity contribution in [3.63, 3.8) is 0 Å². The lowest BCUT2D eigenvalue weighted by Crippen LogP contribution is -2.49. The molecule has 0 bridgehead atoms. The summed E-state index contributed by atoms with van der Waals surface area (Å²) in [6.45, 7) is 9.23. The van der Waals surface area contributed by atoms with Crippen LogP contribution in [0.5, 0.6) is 0 Å². The van der Waals surface area contributed by atoms with E-state index in [0.717, 1.165) is 75.5 Å². The van der Waals surface area contributed by atoms with E-state index in [2.05, 4.69) is 28.6 Å². The van der Waals surface area contributed by atoms with Crippen LogP contribution in [0.3, 0.4) is 0 Å². The van der Waals surface area contributed by atoms with E-state index in [4.69, 9.17) is 4.42 Å². The fourth-order valence-electron chi connectivity index (χ4n) is 4.88. The second kappa shape index (κ2) is 8.74. The molecule has 1 amide bonds. The van der Waals surface area contributed by atoms with E-state index in [1.54, 1.807) is 0 Å². The second-order valence-electron chi connectivity index (χ2n) is 9.11. The standard InChI is InChI=1S/C23H34N4O2/c1-17(2)16-25(3)22(28)18-8-12-26(13-9-18)19-10-14-27(15-11-19)23-24-20-6-4-5-7-21(20)29-23/h4-7,17-19H,8-16H2,1-3H3. The number of fused-ring (bicyclic) bond motifs is 1. The first kappa shape index (κ1) is 20.2. The van der Waals surface area contributed by atoms with E-state index in [-0.39, 0.29) is 5.92 Å². The number of carbonyl (C=O) groups is 1. The average molecular weight is 399 g/mol. The normalized spacial score (nSPS) is 19.9. The smallest absolute Gasteiger partial charge is 0.298 e. The van der Waals surface area contributed by atoms with E-state index in [0.29, 0.717) is 17.9 Å². The van der Waals surface area contributed by atoms with Gasteiger partial charge in [-0.3, -0.25) is 4.79 Å². The Balaban J connectivity index is 1.26. The van der Waals surface area contributed by atoms with Crippen LogP contribution in [0.4, 0.5) is 6.01 Å². The van der Waals surface area contributed by atoms with Crippen molar-refractivity contribution in [1.82, 2.24) is 14.8 Å². The zero-order valence-electron chi connectivity index (χ0n) is 18.0. The summed E-state index contributed by atoms with van der Waals surface area (Å²) in [4.78, 5) is 24.1. The number of aromatic nitrogens is 1. The summed E-state index contributed by atoms with van der Waals surface area (Å²) in [5, 5.41) is 0. The molecular weight excluding hydrogens is 364 g/mol. The highest BCUT2D eigenvalue weighted by molar-refractivity contribution is 5.78. The number of carbonyl (C=O) groups excluding carboxylic acids is 1. The molecule has 0 aliphatic carbocycles. The highest BCUT2D eigenvalue weighted by Crippen LogP contribution is 2.28. The van der Waals surface area contributed by atoms with Gasteiger partial charge in [0.25, 0.3) is 6.01 Å². The third-order valence-electron chi connectivity index (χ3n) is 6.43. The zero-order chi connectivity index (χ0) is 20.4. The van der Waals surface area contributed by atoms with Gasteiger partial charge in [0.2, 0.25) is 5.91 Å². The largest absolute Gasteiger partial charge is 0.423 e. The van der Waals surface area contributed by atoms with E-state index in [1.165, 1.54) is 0 Å². The Morgan fingerprint density at radius 1 is 1.14 bits per heavy atom. The van der Waals surface area contributed by atoms with Gasteiger partial charge in [0.1, 0.15) is 5.52 Å². The molecule has 0 N–H and O–H groups in total. The number of benzene rings is 1. The maximum atomic E-state index is 12.7. The van der Waals surface area contributed by atoms with Gasteiger partial charge in [0.15, 0.2) is 5.58 Å². The number of likely N-dealkylation sites (tertiary alicyclic amines) is 1. The summed E-state index contributed by atoms with van der Waals surface area (Å²) in [6, 6.07) is 9.32. The number of anilines is 1. The molecule has 2 aliphatic heterocycles. The van der Waals surface area contributed by atoms with Crippen molar-refractivity contribution in [3.8, 4) is 0 Å². The number of para-hydroxylation sites is 2. The predicted molar refractivity (Wildman–Crippen MR) is 116 cm³/mol. The number of piperidine rings is 2. The zero-order valence-corrected chi connectivity index (χ0v) is 18.0. The number of oxazole rings is 1. The van der Waals surface area contributed by atoms with Gasteiger partial charge in [-0.2, -0.15) is 4.98 Å². The van der Waals surface area contributed by atoms with Crippen LogP contribution in [0.25, 0.3) is 11.1 Å². The van der Waals surface area contributed by atoms with Crippen molar-refractivity contribution in [1.29, 1.82) is 0 Å². The quantitative estimate of drug-likeness (QED) is 0.770. The van der Waals surface area contributed by atoms with Crippen LogP contribution in [-0.2, 0) is 4.79 Å². The summed E-state index contributed by atoms with van der Waals surface area (Å²) in [6.07, 6.45) is 4.24. The van der Waals surface area contributed by atoms with Gasteiger partial charge < -0.3 is 19.1 Å². The molecule has 0 spiro atoms. The first-order valence-corrected chi connectivity index (χ1v) is 11.1. The summed E-state index contributed by atoms with van der Waals surface area (Å²) in [5.74, 6) is 1.06. The molecule has 2 fully saturated rings. The number of hydrogen-bond acceptors (Lipinski definition) is 5. The van der Waals surface area contributed by atoms with Crippen molar-refractivity contribution in [2.75, 3.05) is 44.7 Å². The Kier molecular flexibility index (Phi) is 6.09. The van der Waals surface area contributed by atoms with Crippen LogP contribution in [0, 0.1) is 11.8 Å². The van der Waals surface area contributed by atoms with Gasteiger partial charge in [-0.25, -0.2) is 0 Å². The monoisotopic (exact) mass is 398 g/mol. The minimum atomic E-state index is 0.204. The maximum absolute atomic E-state index is 12.7. The number of hydrogen-bond donors (Lipinski definition) is 0. The molecule has 0 unspecified atom stereocenters. The molecule has 158 valence electrons. The fourth-order valence-corrected chi connectivity index (χ4v) is 4.88. The Bertz CT molecular complexity index is 784. The molecule has 4 rings (SSSR count). The Morgan fingerprint density at radius 3 is 2.48 bits per heavy atom. The van der Waals surface area contributed by atoms with Crippen molar-refractivity contribution >= 4 is 23.0 Å². The van der Waals surface area contributed by atoms with Gasteiger partial charge in [0, 0.05) is 38.6 Å². The van der Waals surface area contributed by atoms with Crippen LogP contribution in [-0.4, -0.2) is 66.5 Å². The van der Waals surface area contributed by atoms with E-state index >= 15 is 0 Å². The summed E-state index contributed by atoms with van der Waals surface area (Å²) in [5.41, 5.74) is 1.79. The van der Waals surface area contributed by atoms with Crippen LogP contribution >= 0.6 is 0 Å². The highest BCUT2D eigenvalue weighted by atomic mass is 16.4. The van der Waals surface area contributed by atoms with Crippen molar-refractivity contribution < 1.29 is 9.21 Å². The number of rotatable bonds is 5. The molecule has 2 saturated heterocycles. The van der Waals surface area contributed by atoms with Gasteiger partial charge in [-0.05, 0) is 56.8 Å². The SMILES string of the molecule is CC(C)CN(C)C(=O)C1CCN(C2CCN(c3nc4ccccc4o3)CC2)CC1. The third-order valence-corrected chi connectivity index (χ3v) is 6.43. The molecular formula is C23H34N4O2. The summed E-state index contributed by atoms with van der Waals surface area (Å²) in [7, 11) is 1.95. The minimum absolute atomic E-state index is 0.204. The molecule has 3 heterocycles. The molecule has 1 aromatic heterocycles. The summed E-state index contributed by atoms with van der Waals surface area (Å²) >= 11 is 0. The lowest BCUT2D eigenvalue weighted by atomic mass is 9.92. The number of amides is 1. The fraction of sp³-hybridized carbons (Fsp3) is 0.652. The number of nitrogens with zero attached hydrogens (tertiary/aromatic N) is 4. The molecule has 2 aromatic rings. The molecule has 6 nitrogen and oxygen atoms in total. The van der Waals surface area contributed by atoms with Gasteiger partial charge in [0.05, 0.1) is 0 Å². The van der Waals surface area contributed by atoms with Crippen LogP contribution in [0.15, 0.2) is 28.7 Å². The molecule has 29 heavy (non-hydrogen) atoms. The molecule has 2 aliphatic rings. The van der Waals surface area contributed by atoms with Crippen LogP contribution < -0.4 is 4.90 Å². The van der Waals surface area contributed by atoms with Gasteiger partial charge in [-0.1, -0.05) is 26.0 Å². The maximum Gasteiger partial charge on any atom is 0.298 e. The lowest BCUT2D eigenvalue weighted by molar-refractivity contribution is -0.136. The van der Waals surface area contributed by atoms with E-state index < -0.39 is 0 Å². The molecule has 0 saturated carbocycles. The Morgan fingerprint density at radius 2 is 1.83 bits per heavy atom. The molecule has 6 heteroatoms. The molecule has 0 radical (unpaired) electrons. The average Bonchev–Trinajstić information content (AvgIpc) is 3.17. The minimum Gasteiger partial charge on any atom is -0.423 e. The van der Waals surface area contributed by atoms with Crippen LogP contribution in [0.1, 0.15) is 39.5 Å². The molecule has 0 atom stereocenters. The second-order valence-corrected chi connectivity index (χ2v) is 9.11. The Hall–Kier alpha value is -2.08. The van der Waals surface area contributed by atoms with Crippen LogP contribution in [0.2, 0.25) is 0 Å².